The predicted molar refractivity (Wildman–Crippen MR) is 84.8 cm³/mol. The number of nitrogens with zero attached hydrogens (tertiary/aromatic N) is 4. The molecule has 10 heteroatoms. The van der Waals surface area contributed by atoms with Gasteiger partial charge in [0.25, 0.3) is 5.56 Å². The van der Waals surface area contributed by atoms with E-state index in [2.05, 4.69) is 19.9 Å². The molecule has 0 unspecified atom stereocenters. The first-order valence-electron chi connectivity index (χ1n) is 6.94. The Morgan fingerprint density at radius 3 is 2.72 bits per heavy atom. The van der Waals surface area contributed by atoms with E-state index in [0.717, 1.165) is 10.6 Å². The van der Waals surface area contributed by atoms with Gasteiger partial charge in [0.15, 0.2) is 0 Å². The number of rotatable bonds is 1. The number of halogens is 4. The maximum absolute atomic E-state index is 13.1. The van der Waals surface area contributed by atoms with Gasteiger partial charge >= 0.3 is 6.18 Å². The predicted octanol–water partition coefficient (Wildman–Crippen LogP) is 3.33. The summed E-state index contributed by atoms with van der Waals surface area (Å²) in [6.07, 6.45) is -0.691. The Bertz CT molecular complexity index is 1180. The topological polar surface area (TPSA) is 76.5 Å². The Morgan fingerprint density at radius 2 is 2.00 bits per heavy atom. The summed E-state index contributed by atoms with van der Waals surface area (Å²) in [7, 11) is 0. The van der Waals surface area contributed by atoms with Crippen molar-refractivity contribution in [3.63, 3.8) is 0 Å². The van der Waals surface area contributed by atoms with Crippen molar-refractivity contribution in [3.05, 3.63) is 58.0 Å². The third-order valence-electron chi connectivity index (χ3n) is 3.68. The Balaban J connectivity index is 2.23. The van der Waals surface area contributed by atoms with E-state index in [1.165, 1.54) is 30.9 Å². The number of alkyl halides is 3. The van der Waals surface area contributed by atoms with E-state index in [4.69, 9.17) is 11.6 Å². The van der Waals surface area contributed by atoms with E-state index >= 15 is 0 Å². The van der Waals surface area contributed by atoms with Crippen LogP contribution in [0.5, 0.6) is 0 Å². The van der Waals surface area contributed by atoms with Gasteiger partial charge in [0, 0.05) is 17.8 Å². The molecule has 0 fully saturated rings. The van der Waals surface area contributed by atoms with E-state index in [1.807, 2.05) is 0 Å². The minimum absolute atomic E-state index is 0.101. The molecule has 0 atom stereocenters. The first kappa shape index (κ1) is 15.6. The highest BCUT2D eigenvalue weighted by Crippen LogP contribution is 2.31. The number of hydrogen-bond acceptors (Lipinski definition) is 4. The van der Waals surface area contributed by atoms with Crippen molar-refractivity contribution in [1.82, 2.24) is 24.5 Å². The number of nitrogens with one attached hydrogen (secondary N) is 1. The zero-order chi connectivity index (χ0) is 17.8. The fourth-order valence-corrected chi connectivity index (χ4v) is 2.81. The van der Waals surface area contributed by atoms with E-state index in [-0.39, 0.29) is 32.8 Å². The summed E-state index contributed by atoms with van der Waals surface area (Å²) in [6, 6.07) is 3.51. The van der Waals surface area contributed by atoms with Gasteiger partial charge in [-0.25, -0.2) is 9.97 Å². The Labute approximate surface area is 141 Å². The third kappa shape index (κ3) is 2.35. The van der Waals surface area contributed by atoms with Gasteiger partial charge < -0.3 is 4.98 Å². The van der Waals surface area contributed by atoms with E-state index in [1.54, 1.807) is 0 Å². The van der Waals surface area contributed by atoms with Gasteiger partial charge in [-0.1, -0.05) is 11.6 Å². The van der Waals surface area contributed by atoms with Crippen molar-refractivity contribution >= 4 is 33.7 Å². The lowest BCUT2D eigenvalue weighted by Gasteiger charge is -2.13. The molecule has 4 rings (SSSR count). The second-order valence-electron chi connectivity index (χ2n) is 5.16. The quantitative estimate of drug-likeness (QED) is 0.561. The lowest BCUT2D eigenvalue weighted by molar-refractivity contribution is -0.141. The number of pyridine rings is 3. The minimum Gasteiger partial charge on any atom is -0.340 e. The number of aromatic nitrogens is 5. The Kier molecular flexibility index (Phi) is 3.29. The maximum atomic E-state index is 13.1. The molecule has 0 amide bonds. The van der Waals surface area contributed by atoms with Gasteiger partial charge in [-0.3, -0.25) is 14.3 Å². The molecule has 0 saturated carbocycles. The summed E-state index contributed by atoms with van der Waals surface area (Å²) >= 11 is 6.09. The van der Waals surface area contributed by atoms with Crippen molar-refractivity contribution in [2.75, 3.05) is 0 Å². The molecule has 4 aromatic rings. The minimum atomic E-state index is -4.66. The van der Waals surface area contributed by atoms with Crippen molar-refractivity contribution in [3.8, 4) is 5.69 Å². The zero-order valence-corrected chi connectivity index (χ0v) is 12.9. The molecule has 0 aliphatic carbocycles. The SMILES string of the molecule is O=c1c2[nH]cnc2c2ccc(C(F)(F)F)nc2n1-c1ccncc1Cl. The molecule has 0 saturated heterocycles. The van der Waals surface area contributed by atoms with Gasteiger partial charge in [-0.15, -0.1) is 0 Å². The normalized spacial score (nSPS) is 12.2. The van der Waals surface area contributed by atoms with Crippen molar-refractivity contribution in [1.29, 1.82) is 0 Å². The van der Waals surface area contributed by atoms with Crippen LogP contribution >= 0.6 is 11.6 Å². The molecule has 6 nitrogen and oxygen atoms in total. The highest BCUT2D eigenvalue weighted by molar-refractivity contribution is 6.32. The fraction of sp³-hybridized carbons (Fsp3) is 0.0667. The van der Waals surface area contributed by atoms with Gasteiger partial charge in [-0.05, 0) is 18.2 Å². The highest BCUT2D eigenvalue weighted by atomic mass is 35.5. The van der Waals surface area contributed by atoms with Crippen LogP contribution < -0.4 is 5.56 Å². The Hall–Kier alpha value is -2.94. The molecule has 0 aliphatic rings. The van der Waals surface area contributed by atoms with Crippen LogP contribution in [0.1, 0.15) is 5.69 Å². The molecule has 0 radical (unpaired) electrons. The molecule has 25 heavy (non-hydrogen) atoms. The average molecular weight is 366 g/mol. The molecular weight excluding hydrogens is 359 g/mol. The van der Waals surface area contributed by atoms with Crippen LogP contribution in [0.15, 0.2) is 41.7 Å². The van der Waals surface area contributed by atoms with Crippen LogP contribution in [-0.2, 0) is 6.18 Å². The lowest BCUT2D eigenvalue weighted by atomic mass is 10.2. The highest BCUT2D eigenvalue weighted by Gasteiger charge is 2.33. The van der Waals surface area contributed by atoms with E-state index < -0.39 is 17.4 Å². The molecule has 0 spiro atoms. The van der Waals surface area contributed by atoms with Crippen LogP contribution in [0, 0.1) is 0 Å². The van der Waals surface area contributed by atoms with Crippen molar-refractivity contribution < 1.29 is 13.2 Å². The maximum Gasteiger partial charge on any atom is 0.433 e. The molecule has 126 valence electrons. The average Bonchev–Trinajstić information content (AvgIpc) is 3.05. The van der Waals surface area contributed by atoms with Gasteiger partial charge in [0.1, 0.15) is 22.4 Å². The standard InChI is InChI=1S/C15H7ClF3N5O/c16-8-5-20-4-3-9(8)24-13-7(1-2-10(23-13)15(17,18)19)11-12(14(24)25)22-6-21-11/h1-6H,(H,21,22). The summed E-state index contributed by atoms with van der Waals surface area (Å²) in [5, 5.41) is 0.390. The van der Waals surface area contributed by atoms with Crippen LogP contribution in [0.25, 0.3) is 27.8 Å². The Morgan fingerprint density at radius 1 is 1.20 bits per heavy atom. The number of hydrogen-bond donors (Lipinski definition) is 1. The molecule has 1 N–H and O–H groups in total. The van der Waals surface area contributed by atoms with Gasteiger partial charge in [-0.2, -0.15) is 13.2 Å². The van der Waals surface area contributed by atoms with Gasteiger partial charge in [0.05, 0.1) is 17.0 Å². The van der Waals surface area contributed by atoms with Crippen molar-refractivity contribution in [2.24, 2.45) is 0 Å². The first-order valence-corrected chi connectivity index (χ1v) is 7.31. The number of aromatic amines is 1. The summed E-state index contributed by atoms with van der Waals surface area (Å²) < 4.78 is 40.3. The lowest BCUT2D eigenvalue weighted by Crippen LogP contribution is -2.21. The number of fused-ring (bicyclic) bond motifs is 3. The zero-order valence-electron chi connectivity index (χ0n) is 12.2. The van der Waals surface area contributed by atoms with Crippen LogP contribution in [0.3, 0.4) is 0 Å². The summed E-state index contributed by atoms with van der Waals surface area (Å²) in [5.74, 6) is 0. The molecule has 0 bridgehead atoms. The largest absolute Gasteiger partial charge is 0.433 e. The molecule has 4 heterocycles. The second-order valence-corrected chi connectivity index (χ2v) is 5.57. The summed E-state index contributed by atoms with van der Waals surface area (Å²) in [5.41, 5.74) is -1.36. The monoisotopic (exact) mass is 365 g/mol. The smallest absolute Gasteiger partial charge is 0.340 e. The second kappa shape index (κ2) is 5.28. The van der Waals surface area contributed by atoms with Crippen LogP contribution in [0.2, 0.25) is 5.02 Å². The van der Waals surface area contributed by atoms with Crippen LogP contribution in [-0.4, -0.2) is 24.5 Å². The molecule has 4 aromatic heterocycles. The summed E-state index contributed by atoms with van der Waals surface area (Å²) in [6.45, 7) is 0. The third-order valence-corrected chi connectivity index (χ3v) is 3.97. The molecular formula is C15H7ClF3N5O. The van der Waals surface area contributed by atoms with Crippen LogP contribution in [0.4, 0.5) is 13.2 Å². The van der Waals surface area contributed by atoms with Gasteiger partial charge in [0.2, 0.25) is 0 Å². The summed E-state index contributed by atoms with van der Waals surface area (Å²) in [4.78, 5) is 27.0. The van der Waals surface area contributed by atoms with Crippen molar-refractivity contribution in [2.45, 2.75) is 6.18 Å². The first-order chi connectivity index (χ1) is 11.9. The molecule has 0 aromatic carbocycles. The van der Waals surface area contributed by atoms with E-state index in [0.29, 0.717) is 0 Å². The fourth-order valence-electron chi connectivity index (χ4n) is 2.60. The van der Waals surface area contributed by atoms with E-state index in [9.17, 15) is 18.0 Å². The molecule has 0 aliphatic heterocycles. The number of imidazole rings is 1. The number of H-pyrrole nitrogens is 1.